The molecule has 2 N–H and O–H groups in total. The third kappa shape index (κ3) is 5.92. The molecule has 0 aliphatic carbocycles. The Bertz CT molecular complexity index is 1230. The number of nitrogens with zero attached hydrogens (tertiary/aromatic N) is 1. The van der Waals surface area contributed by atoms with E-state index in [2.05, 4.69) is 10.6 Å². The molecule has 9 heteroatoms. The van der Waals surface area contributed by atoms with Gasteiger partial charge in [0.25, 0.3) is 5.91 Å². The number of halogens is 1. The van der Waals surface area contributed by atoms with E-state index in [4.69, 9.17) is 0 Å². The van der Waals surface area contributed by atoms with Gasteiger partial charge in [0.15, 0.2) is 0 Å². The number of carbonyl (C=O) groups is 2. The zero-order chi connectivity index (χ0) is 23.3. The minimum atomic E-state index is -3.69. The van der Waals surface area contributed by atoms with Gasteiger partial charge in [0.2, 0.25) is 15.9 Å². The highest BCUT2D eigenvalue weighted by Gasteiger charge is 2.20. The molecule has 0 atom stereocenters. The topological polar surface area (TPSA) is 95.6 Å². The highest BCUT2D eigenvalue weighted by Crippen LogP contribution is 2.23. The van der Waals surface area contributed by atoms with Gasteiger partial charge in [-0.2, -0.15) is 0 Å². The van der Waals surface area contributed by atoms with Gasteiger partial charge < -0.3 is 10.6 Å². The maximum atomic E-state index is 14.0. The molecule has 3 aromatic carbocycles. The molecule has 0 radical (unpaired) electrons. The standard InChI is InChI=1S/C23H22FN3O4S/c1-16(28)25-19-9-11-20(12-10-19)26-23(29)17-7-13-21(14-8-17)27(32(2,30)31)15-18-5-3-4-6-22(18)24/h3-14H,15H2,1-2H3,(H,25,28)(H,26,29). The summed E-state index contributed by atoms with van der Waals surface area (Å²) in [4.78, 5) is 23.6. The summed E-state index contributed by atoms with van der Waals surface area (Å²) in [5.41, 5.74) is 2.01. The predicted molar refractivity (Wildman–Crippen MR) is 123 cm³/mol. The van der Waals surface area contributed by atoms with Crippen LogP contribution in [0.1, 0.15) is 22.8 Å². The third-order valence-electron chi connectivity index (χ3n) is 4.55. The van der Waals surface area contributed by atoms with E-state index in [1.54, 1.807) is 30.3 Å². The minimum absolute atomic E-state index is 0.169. The minimum Gasteiger partial charge on any atom is -0.326 e. The largest absolute Gasteiger partial charge is 0.326 e. The highest BCUT2D eigenvalue weighted by molar-refractivity contribution is 7.92. The van der Waals surface area contributed by atoms with Crippen molar-refractivity contribution in [2.24, 2.45) is 0 Å². The van der Waals surface area contributed by atoms with Gasteiger partial charge in [-0.1, -0.05) is 18.2 Å². The van der Waals surface area contributed by atoms with Crippen molar-refractivity contribution in [1.82, 2.24) is 0 Å². The number of hydrogen-bond donors (Lipinski definition) is 2. The lowest BCUT2D eigenvalue weighted by Crippen LogP contribution is -2.29. The van der Waals surface area contributed by atoms with Crippen LogP contribution in [0, 0.1) is 5.82 Å². The van der Waals surface area contributed by atoms with E-state index in [9.17, 15) is 22.4 Å². The number of nitrogens with one attached hydrogen (secondary N) is 2. The fraction of sp³-hybridized carbons (Fsp3) is 0.130. The van der Waals surface area contributed by atoms with Crippen molar-refractivity contribution in [3.05, 3.63) is 89.7 Å². The van der Waals surface area contributed by atoms with Gasteiger partial charge in [-0.05, 0) is 54.6 Å². The van der Waals surface area contributed by atoms with E-state index >= 15 is 0 Å². The number of anilines is 3. The van der Waals surface area contributed by atoms with Crippen molar-refractivity contribution in [2.75, 3.05) is 21.2 Å². The van der Waals surface area contributed by atoms with E-state index < -0.39 is 15.8 Å². The van der Waals surface area contributed by atoms with Gasteiger partial charge >= 0.3 is 0 Å². The quantitative estimate of drug-likeness (QED) is 0.563. The summed E-state index contributed by atoms with van der Waals surface area (Å²) in [5, 5.41) is 5.37. The summed E-state index contributed by atoms with van der Waals surface area (Å²) >= 11 is 0. The summed E-state index contributed by atoms with van der Waals surface area (Å²) < 4.78 is 39.7. The molecule has 0 bridgehead atoms. The molecule has 0 saturated carbocycles. The zero-order valence-electron chi connectivity index (χ0n) is 17.5. The Morgan fingerprint density at radius 3 is 1.97 bits per heavy atom. The molecular formula is C23H22FN3O4S. The monoisotopic (exact) mass is 455 g/mol. The van der Waals surface area contributed by atoms with Crippen LogP contribution in [0.3, 0.4) is 0 Å². The highest BCUT2D eigenvalue weighted by atomic mass is 32.2. The van der Waals surface area contributed by atoms with Crippen molar-refractivity contribution >= 4 is 38.9 Å². The molecule has 0 fully saturated rings. The number of benzene rings is 3. The first kappa shape index (κ1) is 23.0. The number of sulfonamides is 1. The van der Waals surface area contributed by atoms with Gasteiger partial charge in [-0.15, -0.1) is 0 Å². The lowest BCUT2D eigenvalue weighted by atomic mass is 10.1. The van der Waals surface area contributed by atoms with Crippen molar-refractivity contribution in [3.63, 3.8) is 0 Å². The van der Waals surface area contributed by atoms with Crippen LogP contribution in [0.2, 0.25) is 0 Å². The molecule has 2 amide bonds. The molecule has 0 unspecified atom stereocenters. The van der Waals surface area contributed by atoms with Crippen LogP contribution in [0.5, 0.6) is 0 Å². The Morgan fingerprint density at radius 2 is 1.44 bits per heavy atom. The molecule has 166 valence electrons. The number of amides is 2. The summed E-state index contributed by atoms with van der Waals surface area (Å²) in [6.07, 6.45) is 1.04. The van der Waals surface area contributed by atoms with Crippen LogP contribution in [0.15, 0.2) is 72.8 Å². The van der Waals surface area contributed by atoms with Crippen molar-refractivity contribution < 1.29 is 22.4 Å². The van der Waals surface area contributed by atoms with Crippen LogP contribution in [-0.2, 0) is 21.4 Å². The van der Waals surface area contributed by atoms with E-state index in [-0.39, 0.29) is 23.9 Å². The van der Waals surface area contributed by atoms with Gasteiger partial charge in [-0.25, -0.2) is 12.8 Å². The summed E-state index contributed by atoms with van der Waals surface area (Å²) in [6.45, 7) is 1.23. The molecule has 0 aliphatic rings. The maximum absolute atomic E-state index is 14.0. The number of carbonyl (C=O) groups excluding carboxylic acids is 2. The Hall–Kier alpha value is -3.72. The van der Waals surface area contributed by atoms with Crippen LogP contribution in [0.4, 0.5) is 21.5 Å². The van der Waals surface area contributed by atoms with Crippen LogP contribution >= 0.6 is 0 Å². The van der Waals surface area contributed by atoms with Crippen molar-refractivity contribution in [3.8, 4) is 0 Å². The Balaban J connectivity index is 1.75. The lowest BCUT2D eigenvalue weighted by molar-refractivity contribution is -0.114. The second-order valence-corrected chi connectivity index (χ2v) is 9.03. The molecule has 0 aliphatic heterocycles. The van der Waals surface area contributed by atoms with Crippen molar-refractivity contribution in [2.45, 2.75) is 13.5 Å². The molecule has 32 heavy (non-hydrogen) atoms. The molecule has 0 spiro atoms. The lowest BCUT2D eigenvalue weighted by Gasteiger charge is -2.23. The Morgan fingerprint density at radius 1 is 0.875 bits per heavy atom. The van der Waals surface area contributed by atoms with Gasteiger partial charge in [0, 0.05) is 29.4 Å². The zero-order valence-corrected chi connectivity index (χ0v) is 18.3. The van der Waals surface area contributed by atoms with Crippen molar-refractivity contribution in [1.29, 1.82) is 0 Å². The molecule has 7 nitrogen and oxygen atoms in total. The second kappa shape index (κ2) is 9.61. The molecule has 0 aromatic heterocycles. The first-order valence-electron chi connectivity index (χ1n) is 9.63. The SMILES string of the molecule is CC(=O)Nc1ccc(NC(=O)c2ccc(N(Cc3ccccc3F)S(C)(=O)=O)cc2)cc1. The molecule has 3 aromatic rings. The summed E-state index contributed by atoms with van der Waals surface area (Å²) in [6, 6.07) is 18.6. The number of hydrogen-bond acceptors (Lipinski definition) is 4. The predicted octanol–water partition coefficient (Wildman–Crippen LogP) is 4.00. The van der Waals surface area contributed by atoms with Crippen LogP contribution in [0.25, 0.3) is 0 Å². The smallest absolute Gasteiger partial charge is 0.255 e. The molecule has 0 saturated heterocycles. The Labute approximate surface area is 185 Å². The van der Waals surface area contributed by atoms with Crippen LogP contribution in [-0.4, -0.2) is 26.5 Å². The molecule has 0 heterocycles. The van der Waals surface area contributed by atoms with E-state index in [0.29, 0.717) is 22.6 Å². The fourth-order valence-corrected chi connectivity index (χ4v) is 3.88. The fourth-order valence-electron chi connectivity index (χ4n) is 3.00. The van der Waals surface area contributed by atoms with Crippen LogP contribution < -0.4 is 14.9 Å². The third-order valence-corrected chi connectivity index (χ3v) is 5.69. The second-order valence-electron chi connectivity index (χ2n) is 7.12. The average molecular weight is 456 g/mol. The molecule has 3 rings (SSSR count). The Kier molecular flexibility index (Phi) is 6.89. The average Bonchev–Trinajstić information content (AvgIpc) is 2.73. The first-order chi connectivity index (χ1) is 15.1. The molecular weight excluding hydrogens is 433 g/mol. The first-order valence-corrected chi connectivity index (χ1v) is 11.5. The summed E-state index contributed by atoms with van der Waals surface area (Å²) in [5.74, 6) is -1.08. The normalized spacial score (nSPS) is 11.0. The number of rotatable bonds is 7. The van der Waals surface area contributed by atoms with Gasteiger partial charge in [0.1, 0.15) is 5.82 Å². The summed E-state index contributed by atoms with van der Waals surface area (Å²) in [7, 11) is -3.69. The van der Waals surface area contributed by atoms with Gasteiger partial charge in [-0.3, -0.25) is 13.9 Å². The van der Waals surface area contributed by atoms with Gasteiger partial charge in [0.05, 0.1) is 18.5 Å². The van der Waals surface area contributed by atoms with E-state index in [0.717, 1.165) is 10.6 Å². The van der Waals surface area contributed by atoms with E-state index in [1.165, 1.54) is 49.4 Å². The maximum Gasteiger partial charge on any atom is 0.255 e. The van der Waals surface area contributed by atoms with E-state index in [1.807, 2.05) is 0 Å².